The van der Waals surface area contributed by atoms with Gasteiger partial charge in [-0.3, -0.25) is 9.59 Å². The van der Waals surface area contributed by atoms with E-state index in [1.54, 1.807) is 30.5 Å². The molecule has 1 saturated heterocycles. The van der Waals surface area contributed by atoms with E-state index in [0.717, 1.165) is 19.4 Å². The summed E-state index contributed by atoms with van der Waals surface area (Å²) in [6, 6.07) is 7.18. The van der Waals surface area contributed by atoms with Crippen molar-refractivity contribution in [3.8, 4) is 11.5 Å². The number of carbonyl (C=O) groups is 1. The zero-order valence-corrected chi connectivity index (χ0v) is 11.5. The summed E-state index contributed by atoms with van der Waals surface area (Å²) in [5, 5.41) is 0. The highest BCUT2D eigenvalue weighted by molar-refractivity contribution is 5.94. The van der Waals surface area contributed by atoms with Crippen LogP contribution in [-0.4, -0.2) is 28.4 Å². The van der Waals surface area contributed by atoms with E-state index >= 15 is 0 Å². The van der Waals surface area contributed by atoms with Gasteiger partial charge in [0, 0.05) is 12.6 Å². The zero-order valence-electron chi connectivity index (χ0n) is 11.5. The Morgan fingerprint density at radius 2 is 2.19 bits per heavy atom. The molecule has 1 N–H and O–H groups in total. The van der Waals surface area contributed by atoms with Crippen molar-refractivity contribution < 1.29 is 9.21 Å². The number of carbonyl (C=O) groups excluding carboxylic acids is 1. The molecule has 5 heteroatoms. The maximum atomic E-state index is 12.5. The lowest BCUT2D eigenvalue weighted by Gasteiger charge is -2.26. The van der Waals surface area contributed by atoms with Crippen LogP contribution in [0.25, 0.3) is 11.5 Å². The van der Waals surface area contributed by atoms with E-state index in [0.29, 0.717) is 23.4 Å². The van der Waals surface area contributed by atoms with Crippen molar-refractivity contribution in [3.63, 3.8) is 0 Å². The number of nitrogens with zero attached hydrogens (tertiary/aromatic N) is 1. The molecule has 1 aliphatic carbocycles. The number of hydrogen-bond acceptors (Lipinski definition) is 3. The van der Waals surface area contributed by atoms with Crippen molar-refractivity contribution in [1.82, 2.24) is 9.88 Å². The number of H-pyrrole nitrogens is 1. The van der Waals surface area contributed by atoms with Gasteiger partial charge in [-0.1, -0.05) is 0 Å². The molecule has 0 aromatic carbocycles. The Hall–Kier alpha value is -2.30. The number of piperidine rings is 1. The highest BCUT2D eigenvalue weighted by atomic mass is 16.3. The largest absolute Gasteiger partial charge is 0.463 e. The van der Waals surface area contributed by atoms with Gasteiger partial charge in [0.2, 0.25) is 0 Å². The fraction of sp³-hybridized carbons (Fsp3) is 0.375. The third-order valence-corrected chi connectivity index (χ3v) is 4.60. The van der Waals surface area contributed by atoms with E-state index in [9.17, 15) is 9.59 Å². The van der Waals surface area contributed by atoms with Gasteiger partial charge in [0.05, 0.1) is 12.0 Å². The van der Waals surface area contributed by atoms with Gasteiger partial charge in [0.15, 0.2) is 0 Å². The minimum atomic E-state index is -0.350. The van der Waals surface area contributed by atoms with Crippen molar-refractivity contribution in [3.05, 3.63) is 46.4 Å². The summed E-state index contributed by atoms with van der Waals surface area (Å²) < 4.78 is 5.25. The highest BCUT2D eigenvalue weighted by Crippen LogP contribution is 2.37. The van der Waals surface area contributed by atoms with Crippen molar-refractivity contribution >= 4 is 5.91 Å². The smallest absolute Gasteiger partial charge is 0.261 e. The molecule has 21 heavy (non-hydrogen) atoms. The molecule has 2 aromatic rings. The van der Waals surface area contributed by atoms with E-state index in [4.69, 9.17) is 4.42 Å². The summed E-state index contributed by atoms with van der Waals surface area (Å²) in [5.41, 5.74) is 0.457. The first kappa shape index (κ1) is 12.4. The van der Waals surface area contributed by atoms with Crippen LogP contribution in [0.5, 0.6) is 0 Å². The lowest BCUT2D eigenvalue weighted by molar-refractivity contribution is 0.0702. The number of aromatic nitrogens is 1. The Labute approximate surface area is 121 Å². The SMILES string of the molecule is O=C(c1ccc(-c2ccco2)[nH]c1=O)N1C[C@@H]2CC[C@H]1C2. The average molecular weight is 284 g/mol. The molecule has 2 aromatic heterocycles. The fourth-order valence-electron chi connectivity index (χ4n) is 3.55. The number of nitrogens with one attached hydrogen (secondary N) is 1. The van der Waals surface area contributed by atoms with Gasteiger partial charge >= 0.3 is 0 Å². The molecule has 1 aliphatic heterocycles. The Morgan fingerprint density at radius 3 is 2.81 bits per heavy atom. The second-order valence-electron chi connectivity index (χ2n) is 5.88. The Kier molecular flexibility index (Phi) is 2.74. The van der Waals surface area contributed by atoms with E-state index < -0.39 is 0 Å². The van der Waals surface area contributed by atoms with Gasteiger partial charge in [-0.2, -0.15) is 0 Å². The molecular weight excluding hydrogens is 268 g/mol. The molecule has 0 radical (unpaired) electrons. The van der Waals surface area contributed by atoms with Gasteiger partial charge in [0.1, 0.15) is 11.3 Å². The number of fused-ring (bicyclic) bond motifs is 2. The van der Waals surface area contributed by atoms with E-state index in [-0.39, 0.29) is 17.0 Å². The second-order valence-corrected chi connectivity index (χ2v) is 5.88. The van der Waals surface area contributed by atoms with Crippen LogP contribution in [0.2, 0.25) is 0 Å². The number of likely N-dealkylation sites (tertiary alicyclic amines) is 1. The van der Waals surface area contributed by atoms with Crippen LogP contribution in [0.15, 0.2) is 39.7 Å². The summed E-state index contributed by atoms with van der Waals surface area (Å²) in [5.74, 6) is 1.07. The summed E-state index contributed by atoms with van der Waals surface area (Å²) in [7, 11) is 0. The molecule has 2 fully saturated rings. The number of pyridine rings is 1. The lowest BCUT2D eigenvalue weighted by atomic mass is 10.1. The number of aromatic amines is 1. The molecule has 1 saturated carbocycles. The molecule has 108 valence electrons. The van der Waals surface area contributed by atoms with Gasteiger partial charge in [0.25, 0.3) is 11.5 Å². The van der Waals surface area contributed by atoms with Crippen LogP contribution < -0.4 is 5.56 Å². The Morgan fingerprint density at radius 1 is 1.29 bits per heavy atom. The van der Waals surface area contributed by atoms with Crippen LogP contribution in [0.3, 0.4) is 0 Å². The standard InChI is InChI=1S/C16H16N2O3/c19-15-12(5-6-13(17-15)14-2-1-7-21-14)16(20)18-9-10-3-4-11(18)8-10/h1-2,5-7,10-11H,3-4,8-9H2,(H,17,19)/t10-,11+/m1/s1. The molecule has 2 aliphatic rings. The summed E-state index contributed by atoms with van der Waals surface area (Å²) >= 11 is 0. The van der Waals surface area contributed by atoms with Crippen molar-refractivity contribution in [2.24, 2.45) is 5.92 Å². The molecule has 0 spiro atoms. The van der Waals surface area contributed by atoms with E-state index in [1.807, 2.05) is 4.90 Å². The van der Waals surface area contributed by atoms with E-state index in [1.165, 1.54) is 6.42 Å². The Balaban J connectivity index is 1.64. The maximum Gasteiger partial charge on any atom is 0.261 e. The molecule has 1 amide bonds. The van der Waals surface area contributed by atoms with Gasteiger partial charge < -0.3 is 14.3 Å². The molecular formula is C16H16N2O3. The van der Waals surface area contributed by atoms with Crippen LogP contribution in [0.1, 0.15) is 29.6 Å². The number of rotatable bonds is 2. The van der Waals surface area contributed by atoms with Crippen molar-refractivity contribution in [1.29, 1.82) is 0 Å². The highest BCUT2D eigenvalue weighted by Gasteiger charge is 2.40. The predicted octanol–water partition coefficient (Wildman–Crippen LogP) is 2.26. The molecule has 5 nitrogen and oxygen atoms in total. The first-order valence-corrected chi connectivity index (χ1v) is 7.30. The third kappa shape index (κ3) is 2.00. The van der Waals surface area contributed by atoms with Gasteiger partial charge in [-0.15, -0.1) is 0 Å². The van der Waals surface area contributed by atoms with Crippen LogP contribution >= 0.6 is 0 Å². The van der Waals surface area contributed by atoms with Crippen LogP contribution in [0, 0.1) is 5.92 Å². The first-order valence-electron chi connectivity index (χ1n) is 7.30. The second kappa shape index (κ2) is 4.62. The lowest BCUT2D eigenvalue weighted by Crippen LogP contribution is -2.40. The molecule has 2 atom stereocenters. The maximum absolute atomic E-state index is 12.5. The minimum Gasteiger partial charge on any atom is -0.463 e. The Bertz CT molecular complexity index is 732. The molecule has 3 heterocycles. The normalized spacial score (nSPS) is 23.7. The topological polar surface area (TPSA) is 66.3 Å². The van der Waals surface area contributed by atoms with Gasteiger partial charge in [-0.25, -0.2) is 0 Å². The fourth-order valence-corrected chi connectivity index (χ4v) is 3.55. The number of hydrogen-bond donors (Lipinski definition) is 1. The summed E-state index contributed by atoms with van der Waals surface area (Å²) in [6.07, 6.45) is 4.92. The third-order valence-electron chi connectivity index (χ3n) is 4.60. The summed E-state index contributed by atoms with van der Waals surface area (Å²) in [4.78, 5) is 29.3. The minimum absolute atomic E-state index is 0.144. The zero-order chi connectivity index (χ0) is 14.4. The first-order chi connectivity index (χ1) is 10.2. The van der Waals surface area contributed by atoms with Crippen molar-refractivity contribution in [2.45, 2.75) is 25.3 Å². The summed E-state index contributed by atoms with van der Waals surface area (Å²) in [6.45, 7) is 0.795. The van der Waals surface area contributed by atoms with Crippen LogP contribution in [-0.2, 0) is 0 Å². The predicted molar refractivity (Wildman–Crippen MR) is 76.9 cm³/mol. The number of amides is 1. The monoisotopic (exact) mass is 284 g/mol. The van der Waals surface area contributed by atoms with Crippen LogP contribution in [0.4, 0.5) is 0 Å². The number of furan rings is 1. The molecule has 2 bridgehead atoms. The van der Waals surface area contributed by atoms with E-state index in [2.05, 4.69) is 4.98 Å². The average Bonchev–Trinajstić information content (AvgIpc) is 3.23. The van der Waals surface area contributed by atoms with Crippen molar-refractivity contribution in [2.75, 3.05) is 6.54 Å². The van der Waals surface area contributed by atoms with Gasteiger partial charge in [-0.05, 0) is 49.4 Å². The quantitative estimate of drug-likeness (QED) is 0.919. The molecule has 0 unspecified atom stereocenters. The molecule has 4 rings (SSSR count).